The van der Waals surface area contributed by atoms with E-state index in [4.69, 9.17) is 17.3 Å². The van der Waals surface area contributed by atoms with Crippen LogP contribution in [-0.4, -0.2) is 16.6 Å². The highest BCUT2D eigenvalue weighted by Gasteiger charge is 2.14. The van der Waals surface area contributed by atoms with Crippen LogP contribution in [0.3, 0.4) is 0 Å². The van der Waals surface area contributed by atoms with E-state index in [9.17, 15) is 0 Å². The van der Waals surface area contributed by atoms with Gasteiger partial charge < -0.3 is 17.0 Å². The normalized spacial score (nSPS) is 15.5. The van der Waals surface area contributed by atoms with Gasteiger partial charge in [0.25, 0.3) is 0 Å². The van der Waals surface area contributed by atoms with Crippen molar-refractivity contribution in [3.63, 3.8) is 0 Å². The smallest absolute Gasteiger partial charge is 0.327 e. The monoisotopic (exact) mass is 311 g/mol. The van der Waals surface area contributed by atoms with Crippen molar-refractivity contribution in [3.05, 3.63) is 21.3 Å². The molecule has 0 spiro atoms. The summed E-state index contributed by atoms with van der Waals surface area (Å²) >= 11 is 8.89. The minimum absolute atomic E-state index is 0. The molecule has 1 aromatic heterocycles. The fraction of sp³-hybridized carbons (Fsp3) is 0.143. The number of thioether (sulfide) groups is 1. The van der Waals surface area contributed by atoms with Crippen LogP contribution in [0.1, 0.15) is 4.88 Å². The van der Waals surface area contributed by atoms with Gasteiger partial charge in [-0.15, -0.1) is 16.4 Å². The molecule has 0 amide bonds. The maximum Gasteiger partial charge on any atom is 0.327 e. The summed E-state index contributed by atoms with van der Waals surface area (Å²) in [6.45, 7) is 0. The minimum Gasteiger partial charge on any atom is -1.00 e. The first-order chi connectivity index (χ1) is 6.25. The van der Waals surface area contributed by atoms with Gasteiger partial charge in [0.05, 0.1) is 15.0 Å². The van der Waals surface area contributed by atoms with Crippen molar-refractivity contribution in [1.29, 1.82) is 0 Å². The number of amidine groups is 1. The third-order valence-electron chi connectivity index (χ3n) is 1.52. The minimum atomic E-state index is 0. The van der Waals surface area contributed by atoms with Crippen LogP contribution in [-0.2, 0) is 0 Å². The van der Waals surface area contributed by atoms with Gasteiger partial charge >= 0.3 is 5.17 Å². The molecule has 1 aliphatic heterocycles. The molecule has 1 aliphatic rings. The molecule has 0 aliphatic carbocycles. The molecule has 3 N–H and O–H groups in total. The number of nitrogens with zero attached hydrogens (tertiary/aromatic N) is 1. The Balaban J connectivity index is 0.000000980. The second-order valence-corrected chi connectivity index (χ2v) is 5.16. The summed E-state index contributed by atoms with van der Waals surface area (Å²) in [5.74, 6) is 0.801. The molecule has 14 heavy (non-hydrogen) atoms. The van der Waals surface area contributed by atoms with E-state index in [0.717, 1.165) is 20.7 Å². The van der Waals surface area contributed by atoms with Crippen molar-refractivity contribution >= 4 is 45.6 Å². The van der Waals surface area contributed by atoms with Crippen LogP contribution in [0.4, 0.5) is 0 Å². The van der Waals surface area contributed by atoms with Crippen LogP contribution in [0, 0.1) is 0 Å². The first kappa shape index (κ1) is 12.0. The molecule has 0 atom stereocenters. The summed E-state index contributed by atoms with van der Waals surface area (Å²) in [7, 11) is 0. The number of hydrogen-bond acceptors (Lipinski definition) is 4. The molecule has 2 rings (SSSR count). The van der Waals surface area contributed by atoms with Crippen LogP contribution >= 0.6 is 34.7 Å². The van der Waals surface area contributed by atoms with Crippen molar-refractivity contribution in [1.82, 2.24) is 0 Å². The number of thiophene rings is 1. The van der Waals surface area contributed by atoms with Crippen LogP contribution in [0.2, 0.25) is 4.34 Å². The maximum atomic E-state index is 5.81. The summed E-state index contributed by atoms with van der Waals surface area (Å²) in [5.41, 5.74) is 6.52. The average Bonchev–Trinajstić information content (AvgIpc) is 2.53. The molecular formula is C7H7BrClN3S2. The molecule has 0 unspecified atom stereocenters. The van der Waals surface area contributed by atoms with E-state index in [-0.39, 0.29) is 17.0 Å². The summed E-state index contributed by atoms with van der Waals surface area (Å²) in [6.07, 6.45) is 0. The first-order valence-corrected chi connectivity index (χ1v) is 5.77. The van der Waals surface area contributed by atoms with Gasteiger partial charge in [0, 0.05) is 0 Å². The zero-order valence-corrected chi connectivity index (χ0v) is 10.9. The summed E-state index contributed by atoms with van der Waals surface area (Å²) in [4.78, 5) is 1.09. The van der Waals surface area contributed by atoms with Crippen molar-refractivity contribution in [2.45, 2.75) is 0 Å². The second-order valence-electron chi connectivity index (χ2n) is 2.43. The number of halogens is 2. The van der Waals surface area contributed by atoms with Crippen molar-refractivity contribution < 1.29 is 22.1 Å². The Morgan fingerprint density at radius 3 is 2.79 bits per heavy atom. The lowest BCUT2D eigenvalue weighted by molar-refractivity contribution is -0.460. The van der Waals surface area contributed by atoms with Gasteiger partial charge in [0.1, 0.15) is 5.71 Å². The molecule has 76 valence electrons. The summed E-state index contributed by atoms with van der Waals surface area (Å²) in [6, 6.07) is 3.84. The van der Waals surface area contributed by atoms with E-state index in [1.165, 1.54) is 11.3 Å². The molecule has 0 fully saturated rings. The van der Waals surface area contributed by atoms with Gasteiger partial charge in [-0.2, -0.15) is 0 Å². The molecule has 3 nitrogen and oxygen atoms in total. The Morgan fingerprint density at radius 1 is 1.50 bits per heavy atom. The maximum absolute atomic E-state index is 5.81. The molecule has 0 bridgehead atoms. The predicted molar refractivity (Wildman–Crippen MR) is 58.5 cm³/mol. The van der Waals surface area contributed by atoms with Crippen LogP contribution in [0.5, 0.6) is 0 Å². The fourth-order valence-corrected chi connectivity index (χ4v) is 2.67. The lowest BCUT2D eigenvalue weighted by Gasteiger charge is -2.02. The quantitative estimate of drug-likeness (QED) is 0.591. The Kier molecular flexibility index (Phi) is 4.43. The number of rotatable bonds is 1. The van der Waals surface area contributed by atoms with Gasteiger partial charge in [-0.25, -0.2) is 0 Å². The second kappa shape index (κ2) is 5.16. The lowest BCUT2D eigenvalue weighted by atomic mass is 10.3. The third-order valence-corrected chi connectivity index (χ3v) is 3.62. The van der Waals surface area contributed by atoms with Gasteiger partial charge in [0.15, 0.2) is 0 Å². The Labute approximate surface area is 105 Å². The van der Waals surface area contributed by atoms with E-state index < -0.39 is 0 Å². The predicted octanol–water partition coefficient (Wildman–Crippen LogP) is -2.75. The van der Waals surface area contributed by atoms with Crippen LogP contribution < -0.4 is 27.8 Å². The van der Waals surface area contributed by atoms with Crippen LogP contribution in [0.15, 0.2) is 17.2 Å². The number of nitrogens with two attached hydrogens (primary N) is 1. The number of nitrogens with one attached hydrogen (secondary N) is 1. The molecule has 0 aromatic carbocycles. The van der Waals surface area contributed by atoms with E-state index in [1.807, 2.05) is 12.1 Å². The van der Waals surface area contributed by atoms with E-state index >= 15 is 0 Å². The topological polar surface area (TPSA) is 52.4 Å². The van der Waals surface area contributed by atoms with E-state index in [1.54, 1.807) is 11.8 Å². The third kappa shape index (κ3) is 2.73. The van der Waals surface area contributed by atoms with Gasteiger partial charge in [-0.05, 0) is 23.9 Å². The van der Waals surface area contributed by atoms with E-state index in [2.05, 4.69) is 10.2 Å². The van der Waals surface area contributed by atoms with Crippen molar-refractivity contribution in [3.8, 4) is 0 Å². The summed E-state index contributed by atoms with van der Waals surface area (Å²) in [5, 5.41) is 7.52. The number of hydrazone groups is 1. The molecule has 0 saturated heterocycles. The van der Waals surface area contributed by atoms with Crippen LogP contribution in [0.25, 0.3) is 0 Å². The first-order valence-electron chi connectivity index (χ1n) is 3.59. The summed E-state index contributed by atoms with van der Waals surface area (Å²) < 4.78 is 0.783. The number of hydrogen-bond donors (Lipinski definition) is 2. The van der Waals surface area contributed by atoms with Crippen molar-refractivity contribution in [2.75, 3.05) is 5.75 Å². The SMILES string of the molecule is NC1=[NH+]N=C(c2ccc(Cl)s2)CS1.[Br-]. The molecule has 0 radical (unpaired) electrons. The zero-order valence-electron chi connectivity index (χ0n) is 6.96. The molecule has 7 heteroatoms. The highest BCUT2D eigenvalue weighted by molar-refractivity contribution is 8.14. The lowest BCUT2D eigenvalue weighted by Crippen LogP contribution is -3.00. The average molecular weight is 313 g/mol. The zero-order chi connectivity index (χ0) is 9.26. The molecule has 0 saturated carbocycles. The Bertz CT molecular complexity index is 388. The standard InChI is InChI=1S/C7H6ClN3S2.BrH/c8-6-2-1-5(13-6)4-3-12-7(9)11-10-4;/h1-2H,3H2,(H2,9,11);1H. The fourth-order valence-electron chi connectivity index (χ4n) is 0.929. The molecular weight excluding hydrogens is 306 g/mol. The Morgan fingerprint density at radius 2 is 2.29 bits per heavy atom. The Hall–Kier alpha value is -0.0400. The highest BCUT2D eigenvalue weighted by atomic mass is 79.9. The molecule has 2 heterocycles. The van der Waals surface area contributed by atoms with E-state index in [0.29, 0.717) is 5.17 Å². The largest absolute Gasteiger partial charge is 1.00 e. The van der Waals surface area contributed by atoms with Gasteiger partial charge in [-0.3, -0.25) is 5.73 Å². The van der Waals surface area contributed by atoms with Gasteiger partial charge in [-0.1, -0.05) is 16.7 Å². The van der Waals surface area contributed by atoms with Gasteiger partial charge in [0.2, 0.25) is 0 Å². The molecule has 1 aromatic rings. The highest BCUT2D eigenvalue weighted by Crippen LogP contribution is 2.23. The van der Waals surface area contributed by atoms with Crippen molar-refractivity contribution in [2.24, 2.45) is 10.8 Å².